The Bertz CT molecular complexity index is 742. The van der Waals surface area contributed by atoms with Crippen molar-refractivity contribution < 1.29 is 22.7 Å². The van der Waals surface area contributed by atoms with Crippen molar-refractivity contribution in [3.63, 3.8) is 0 Å². The molecule has 0 atom stereocenters. The largest absolute Gasteiger partial charge is 0.490 e. The number of alkyl halides is 3. The number of nitrogens with one attached hydrogen (secondary N) is 1. The number of urea groups is 1. The standard InChI is InChI=1S/C19H19F3N2O2/c20-19(21,22)14-5-4-8-17(13-14)26-16-9-11-24(12-10-16)18(25)23-15-6-2-1-3-7-15/h1-8,13,16H,9-12H2,(H,23,25). The van der Waals surface area contributed by atoms with Crippen LogP contribution >= 0.6 is 0 Å². The van der Waals surface area contributed by atoms with E-state index < -0.39 is 11.7 Å². The molecule has 2 aromatic rings. The maximum atomic E-state index is 12.8. The van der Waals surface area contributed by atoms with Crippen molar-refractivity contribution in [3.8, 4) is 5.75 Å². The van der Waals surface area contributed by atoms with E-state index in [0.717, 1.165) is 17.8 Å². The van der Waals surface area contributed by atoms with Crippen LogP contribution in [-0.2, 0) is 6.18 Å². The van der Waals surface area contributed by atoms with E-state index >= 15 is 0 Å². The lowest BCUT2D eigenvalue weighted by molar-refractivity contribution is -0.137. The Kier molecular flexibility index (Phi) is 5.35. The molecule has 1 saturated heterocycles. The van der Waals surface area contributed by atoms with Crippen LogP contribution in [0.1, 0.15) is 18.4 Å². The molecular formula is C19H19F3N2O2. The van der Waals surface area contributed by atoms with Crippen LogP contribution in [-0.4, -0.2) is 30.1 Å². The molecule has 2 amide bonds. The molecule has 0 aliphatic carbocycles. The minimum absolute atomic E-state index is 0.186. The lowest BCUT2D eigenvalue weighted by Gasteiger charge is -2.32. The highest BCUT2D eigenvalue weighted by atomic mass is 19.4. The molecule has 2 aromatic carbocycles. The molecule has 0 spiro atoms. The van der Waals surface area contributed by atoms with E-state index in [4.69, 9.17) is 4.74 Å². The molecule has 7 heteroatoms. The van der Waals surface area contributed by atoms with Crippen molar-refractivity contribution in [3.05, 3.63) is 60.2 Å². The zero-order valence-corrected chi connectivity index (χ0v) is 14.0. The second-order valence-electron chi connectivity index (χ2n) is 6.13. The monoisotopic (exact) mass is 364 g/mol. The van der Waals surface area contributed by atoms with Gasteiger partial charge in [0.05, 0.1) is 5.56 Å². The number of carbonyl (C=O) groups is 1. The van der Waals surface area contributed by atoms with Gasteiger partial charge in [-0.15, -0.1) is 0 Å². The van der Waals surface area contributed by atoms with Crippen LogP contribution in [0.2, 0.25) is 0 Å². The van der Waals surface area contributed by atoms with Crippen LogP contribution in [0.15, 0.2) is 54.6 Å². The third-order valence-electron chi connectivity index (χ3n) is 4.22. The van der Waals surface area contributed by atoms with Gasteiger partial charge in [-0.3, -0.25) is 0 Å². The maximum Gasteiger partial charge on any atom is 0.416 e. The molecule has 1 heterocycles. The first-order chi connectivity index (χ1) is 12.4. The van der Waals surface area contributed by atoms with E-state index in [9.17, 15) is 18.0 Å². The Labute approximate surface area is 149 Å². The summed E-state index contributed by atoms with van der Waals surface area (Å²) in [6.45, 7) is 0.977. The molecule has 0 unspecified atom stereocenters. The second kappa shape index (κ2) is 7.68. The maximum absolute atomic E-state index is 12.8. The smallest absolute Gasteiger partial charge is 0.416 e. The fourth-order valence-corrected chi connectivity index (χ4v) is 2.84. The minimum atomic E-state index is -4.39. The summed E-state index contributed by atoms with van der Waals surface area (Å²) >= 11 is 0. The van der Waals surface area contributed by atoms with Gasteiger partial charge in [0.2, 0.25) is 0 Å². The molecule has 0 radical (unpaired) electrons. The van der Waals surface area contributed by atoms with Crippen LogP contribution in [0.4, 0.5) is 23.7 Å². The van der Waals surface area contributed by atoms with Crippen LogP contribution in [0.5, 0.6) is 5.75 Å². The average molecular weight is 364 g/mol. The topological polar surface area (TPSA) is 41.6 Å². The van der Waals surface area contributed by atoms with Crippen LogP contribution in [0, 0.1) is 0 Å². The normalized spacial score (nSPS) is 15.6. The Morgan fingerprint density at radius 1 is 1.04 bits per heavy atom. The fraction of sp³-hybridized carbons (Fsp3) is 0.316. The second-order valence-corrected chi connectivity index (χ2v) is 6.13. The Morgan fingerprint density at radius 2 is 1.73 bits per heavy atom. The number of para-hydroxylation sites is 1. The lowest BCUT2D eigenvalue weighted by Crippen LogP contribution is -2.43. The third kappa shape index (κ3) is 4.68. The molecular weight excluding hydrogens is 345 g/mol. The molecule has 0 saturated carbocycles. The number of anilines is 1. The van der Waals surface area contributed by atoms with Gasteiger partial charge in [0.1, 0.15) is 11.9 Å². The van der Waals surface area contributed by atoms with Gasteiger partial charge in [-0.25, -0.2) is 4.79 Å². The lowest BCUT2D eigenvalue weighted by atomic mass is 10.1. The van der Waals surface area contributed by atoms with Gasteiger partial charge in [0.15, 0.2) is 0 Å². The predicted octanol–water partition coefficient (Wildman–Crippen LogP) is 4.78. The van der Waals surface area contributed by atoms with Gasteiger partial charge in [-0.05, 0) is 30.3 Å². The number of carbonyl (C=O) groups excluding carboxylic acids is 1. The molecule has 26 heavy (non-hydrogen) atoms. The number of nitrogens with zero attached hydrogens (tertiary/aromatic N) is 1. The van der Waals surface area contributed by atoms with Crippen LogP contribution in [0.3, 0.4) is 0 Å². The summed E-state index contributed by atoms with van der Waals surface area (Å²) in [5, 5.41) is 2.82. The summed E-state index contributed by atoms with van der Waals surface area (Å²) < 4.78 is 44.0. The molecule has 1 fully saturated rings. The first kappa shape index (κ1) is 18.1. The number of likely N-dealkylation sites (tertiary alicyclic amines) is 1. The van der Waals surface area contributed by atoms with E-state index in [2.05, 4.69) is 5.32 Å². The third-order valence-corrected chi connectivity index (χ3v) is 4.22. The van der Waals surface area contributed by atoms with Crippen LogP contribution in [0.25, 0.3) is 0 Å². The molecule has 0 aromatic heterocycles. The van der Waals surface area contributed by atoms with Gasteiger partial charge in [-0.2, -0.15) is 13.2 Å². The zero-order valence-electron chi connectivity index (χ0n) is 14.0. The quantitative estimate of drug-likeness (QED) is 0.852. The van der Waals surface area contributed by atoms with Gasteiger partial charge < -0.3 is 15.0 Å². The Hall–Kier alpha value is -2.70. The highest BCUT2D eigenvalue weighted by molar-refractivity contribution is 5.89. The number of rotatable bonds is 3. The number of piperidine rings is 1. The molecule has 1 N–H and O–H groups in total. The molecule has 138 valence electrons. The summed E-state index contributed by atoms with van der Waals surface area (Å²) in [6, 6.07) is 13.8. The fourth-order valence-electron chi connectivity index (χ4n) is 2.84. The van der Waals surface area contributed by atoms with Gasteiger partial charge in [-0.1, -0.05) is 24.3 Å². The summed E-state index contributed by atoms with van der Waals surface area (Å²) in [5.41, 5.74) is -0.00508. The number of hydrogen-bond donors (Lipinski definition) is 1. The Morgan fingerprint density at radius 3 is 2.38 bits per heavy atom. The molecule has 1 aliphatic rings. The van der Waals surface area contributed by atoms with Crippen molar-refractivity contribution in [2.24, 2.45) is 0 Å². The first-order valence-electron chi connectivity index (χ1n) is 8.37. The summed E-state index contributed by atoms with van der Waals surface area (Å²) in [5.74, 6) is 0.201. The van der Waals surface area contributed by atoms with E-state index in [1.54, 1.807) is 17.0 Å². The molecule has 0 bridgehead atoms. The van der Waals surface area contributed by atoms with Crippen molar-refractivity contribution in [1.29, 1.82) is 0 Å². The average Bonchev–Trinajstić information content (AvgIpc) is 2.63. The summed E-state index contributed by atoms with van der Waals surface area (Å²) in [4.78, 5) is 13.9. The molecule has 3 rings (SSSR count). The Balaban J connectivity index is 1.52. The highest BCUT2D eigenvalue weighted by Gasteiger charge is 2.31. The van der Waals surface area contributed by atoms with Crippen LogP contribution < -0.4 is 10.1 Å². The number of halogens is 3. The summed E-state index contributed by atoms with van der Waals surface area (Å²) in [7, 11) is 0. The first-order valence-corrected chi connectivity index (χ1v) is 8.37. The number of benzene rings is 2. The predicted molar refractivity (Wildman–Crippen MR) is 92.1 cm³/mol. The minimum Gasteiger partial charge on any atom is -0.490 e. The van der Waals surface area contributed by atoms with E-state index in [0.29, 0.717) is 25.9 Å². The van der Waals surface area contributed by atoms with E-state index in [1.165, 1.54) is 12.1 Å². The molecule has 1 aliphatic heterocycles. The van der Waals surface area contributed by atoms with Crippen molar-refractivity contribution >= 4 is 11.7 Å². The van der Waals surface area contributed by atoms with E-state index in [1.807, 2.05) is 18.2 Å². The molecule has 4 nitrogen and oxygen atoms in total. The number of hydrogen-bond acceptors (Lipinski definition) is 2. The van der Waals surface area contributed by atoms with E-state index in [-0.39, 0.29) is 17.9 Å². The van der Waals surface area contributed by atoms with Crippen molar-refractivity contribution in [1.82, 2.24) is 4.90 Å². The van der Waals surface area contributed by atoms with Gasteiger partial charge >= 0.3 is 12.2 Å². The highest BCUT2D eigenvalue weighted by Crippen LogP contribution is 2.32. The SMILES string of the molecule is O=C(Nc1ccccc1)N1CCC(Oc2cccc(C(F)(F)F)c2)CC1. The van der Waals surface area contributed by atoms with Crippen molar-refractivity contribution in [2.45, 2.75) is 25.1 Å². The summed E-state index contributed by atoms with van der Waals surface area (Å²) in [6.07, 6.45) is -3.46. The van der Waals surface area contributed by atoms with Crippen molar-refractivity contribution in [2.75, 3.05) is 18.4 Å². The number of ether oxygens (including phenoxy) is 1. The number of amides is 2. The van der Waals surface area contributed by atoms with Gasteiger partial charge in [0.25, 0.3) is 0 Å². The zero-order chi connectivity index (χ0) is 18.6. The van der Waals surface area contributed by atoms with Gasteiger partial charge in [0, 0.05) is 31.6 Å².